The van der Waals surface area contributed by atoms with Gasteiger partial charge in [0.25, 0.3) is 0 Å². The second-order valence-electron chi connectivity index (χ2n) is 5.04. The Morgan fingerprint density at radius 2 is 1.61 bits per heavy atom. The number of ether oxygens (including phenoxy) is 1. The molecule has 0 saturated carbocycles. The second kappa shape index (κ2) is 6.76. The Kier molecular flexibility index (Phi) is 4.35. The third-order valence-corrected chi connectivity index (χ3v) is 3.53. The summed E-state index contributed by atoms with van der Waals surface area (Å²) in [5, 5.41) is 9.25. The highest BCUT2D eigenvalue weighted by Crippen LogP contribution is 2.34. The third kappa shape index (κ3) is 3.22. The third-order valence-electron chi connectivity index (χ3n) is 3.53. The molecule has 0 spiro atoms. The van der Waals surface area contributed by atoms with Gasteiger partial charge >= 0.3 is 0 Å². The van der Waals surface area contributed by atoms with Crippen LogP contribution in [0.3, 0.4) is 0 Å². The van der Waals surface area contributed by atoms with Gasteiger partial charge in [-0.25, -0.2) is 4.39 Å². The van der Waals surface area contributed by atoms with Crippen LogP contribution in [-0.2, 0) is 6.61 Å². The minimum Gasteiger partial charge on any atom is -0.488 e. The molecule has 0 amide bonds. The Hall–Kier alpha value is -3.12. The molecule has 0 fully saturated rings. The van der Waals surface area contributed by atoms with E-state index in [0.717, 1.165) is 5.56 Å². The summed E-state index contributed by atoms with van der Waals surface area (Å²) in [4.78, 5) is 0. The van der Waals surface area contributed by atoms with Crippen molar-refractivity contribution in [2.24, 2.45) is 0 Å². The number of rotatable bonds is 4. The molecule has 0 atom stereocenters. The Morgan fingerprint density at radius 1 is 0.870 bits per heavy atom. The average molecular weight is 303 g/mol. The van der Waals surface area contributed by atoms with Crippen molar-refractivity contribution in [2.45, 2.75) is 6.61 Å². The lowest BCUT2D eigenvalue weighted by molar-refractivity contribution is 0.307. The molecule has 0 heterocycles. The Bertz CT molecular complexity index is 853. The fourth-order valence-corrected chi connectivity index (χ4v) is 2.43. The van der Waals surface area contributed by atoms with Crippen molar-refractivity contribution < 1.29 is 9.13 Å². The lowest BCUT2D eigenvalue weighted by Crippen LogP contribution is -1.98. The molecule has 0 aliphatic rings. The Balaban J connectivity index is 1.98. The van der Waals surface area contributed by atoms with E-state index in [1.165, 1.54) is 12.1 Å². The topological polar surface area (TPSA) is 33.0 Å². The summed E-state index contributed by atoms with van der Waals surface area (Å²) in [5.74, 6) is 0.123. The number of hydrogen-bond acceptors (Lipinski definition) is 2. The lowest BCUT2D eigenvalue weighted by atomic mass is 9.99. The summed E-state index contributed by atoms with van der Waals surface area (Å²) in [5.41, 5.74) is 2.17. The number of nitrogens with zero attached hydrogens (tertiary/aromatic N) is 1. The summed E-state index contributed by atoms with van der Waals surface area (Å²) in [6.45, 7) is 0.383. The quantitative estimate of drug-likeness (QED) is 0.683. The zero-order valence-corrected chi connectivity index (χ0v) is 12.4. The summed E-state index contributed by atoms with van der Waals surface area (Å²) < 4.78 is 20.1. The van der Waals surface area contributed by atoms with Gasteiger partial charge in [-0.05, 0) is 23.8 Å². The van der Waals surface area contributed by atoms with Crippen molar-refractivity contribution in [2.75, 3.05) is 0 Å². The minimum absolute atomic E-state index is 0.277. The first-order chi connectivity index (χ1) is 11.3. The van der Waals surface area contributed by atoms with Gasteiger partial charge in [-0.2, -0.15) is 5.26 Å². The van der Waals surface area contributed by atoms with Crippen molar-refractivity contribution in [1.29, 1.82) is 5.26 Å². The molecular weight excluding hydrogens is 289 g/mol. The predicted molar refractivity (Wildman–Crippen MR) is 87.3 cm³/mol. The second-order valence-corrected chi connectivity index (χ2v) is 5.04. The van der Waals surface area contributed by atoms with Crippen molar-refractivity contribution in [3.8, 4) is 22.9 Å². The molecule has 3 aromatic carbocycles. The highest BCUT2D eigenvalue weighted by molar-refractivity contribution is 5.76. The normalized spacial score (nSPS) is 10.1. The first-order valence-corrected chi connectivity index (χ1v) is 7.24. The summed E-state index contributed by atoms with van der Waals surface area (Å²) in [6.07, 6.45) is 0. The van der Waals surface area contributed by atoms with Crippen LogP contribution in [0.15, 0.2) is 72.8 Å². The van der Waals surface area contributed by atoms with Gasteiger partial charge < -0.3 is 4.74 Å². The molecule has 23 heavy (non-hydrogen) atoms. The number of halogens is 1. The molecule has 0 radical (unpaired) electrons. The van der Waals surface area contributed by atoms with Crippen molar-refractivity contribution in [3.05, 3.63) is 89.7 Å². The number of benzene rings is 3. The van der Waals surface area contributed by atoms with E-state index < -0.39 is 5.82 Å². The van der Waals surface area contributed by atoms with Crippen LogP contribution < -0.4 is 4.74 Å². The molecule has 0 bridgehead atoms. The van der Waals surface area contributed by atoms with E-state index in [-0.39, 0.29) is 5.56 Å². The largest absolute Gasteiger partial charge is 0.488 e. The number of para-hydroxylation sites is 1. The van der Waals surface area contributed by atoms with Crippen LogP contribution in [0.5, 0.6) is 5.75 Å². The van der Waals surface area contributed by atoms with E-state index in [2.05, 4.69) is 0 Å². The van der Waals surface area contributed by atoms with E-state index in [1.807, 2.05) is 42.5 Å². The smallest absolute Gasteiger partial charge is 0.132 e. The van der Waals surface area contributed by atoms with Crippen molar-refractivity contribution in [1.82, 2.24) is 0 Å². The predicted octanol–water partition coefficient (Wildman–Crippen LogP) is 4.94. The molecule has 0 N–H and O–H groups in total. The van der Waals surface area contributed by atoms with Gasteiger partial charge in [0.15, 0.2) is 0 Å². The maximum atomic E-state index is 14.3. The van der Waals surface area contributed by atoms with Crippen LogP contribution in [-0.4, -0.2) is 0 Å². The van der Waals surface area contributed by atoms with Crippen molar-refractivity contribution in [3.63, 3.8) is 0 Å². The SMILES string of the molecule is N#Cc1cccc(F)c1-c1ccccc1OCc1ccccc1. The molecule has 0 unspecified atom stereocenters. The van der Waals surface area contributed by atoms with Crippen LogP contribution in [0.25, 0.3) is 11.1 Å². The van der Waals surface area contributed by atoms with Gasteiger partial charge in [0.05, 0.1) is 11.6 Å². The van der Waals surface area contributed by atoms with Crippen LogP contribution in [0.4, 0.5) is 4.39 Å². The van der Waals surface area contributed by atoms with Gasteiger partial charge in [0.2, 0.25) is 0 Å². The Labute approximate surface area is 134 Å². The van der Waals surface area contributed by atoms with E-state index in [9.17, 15) is 9.65 Å². The van der Waals surface area contributed by atoms with E-state index in [4.69, 9.17) is 4.74 Å². The molecule has 2 nitrogen and oxygen atoms in total. The van der Waals surface area contributed by atoms with Crippen LogP contribution >= 0.6 is 0 Å². The van der Waals surface area contributed by atoms with E-state index in [1.54, 1.807) is 24.3 Å². The maximum absolute atomic E-state index is 14.3. The highest BCUT2D eigenvalue weighted by atomic mass is 19.1. The van der Waals surface area contributed by atoms with Gasteiger partial charge in [0, 0.05) is 11.1 Å². The molecular formula is C20H14FNO. The van der Waals surface area contributed by atoms with Gasteiger partial charge in [-0.3, -0.25) is 0 Å². The van der Waals surface area contributed by atoms with Gasteiger partial charge in [-0.1, -0.05) is 54.6 Å². The highest BCUT2D eigenvalue weighted by Gasteiger charge is 2.15. The molecule has 3 aromatic rings. The van der Waals surface area contributed by atoms with Gasteiger partial charge in [0.1, 0.15) is 18.2 Å². The molecule has 3 rings (SSSR count). The monoisotopic (exact) mass is 303 g/mol. The summed E-state index contributed by atoms with van der Waals surface area (Å²) in [7, 11) is 0. The average Bonchev–Trinajstić information content (AvgIpc) is 2.61. The molecule has 3 heteroatoms. The molecule has 0 aliphatic heterocycles. The first kappa shape index (κ1) is 14.8. The fourth-order valence-electron chi connectivity index (χ4n) is 2.43. The lowest BCUT2D eigenvalue weighted by Gasteiger charge is -2.13. The molecule has 0 saturated heterocycles. The standard InChI is InChI=1S/C20H14FNO/c21-18-11-6-9-16(13-22)20(18)17-10-4-5-12-19(17)23-14-15-7-2-1-3-8-15/h1-12H,14H2. The zero-order chi connectivity index (χ0) is 16.1. The number of nitriles is 1. The van der Waals surface area contributed by atoms with Crippen molar-refractivity contribution >= 4 is 0 Å². The summed E-state index contributed by atoms with van der Waals surface area (Å²) >= 11 is 0. The first-order valence-electron chi connectivity index (χ1n) is 7.24. The maximum Gasteiger partial charge on any atom is 0.132 e. The van der Waals surface area contributed by atoms with E-state index >= 15 is 0 Å². The van der Waals surface area contributed by atoms with Crippen LogP contribution in [0.1, 0.15) is 11.1 Å². The molecule has 112 valence electrons. The Morgan fingerprint density at radius 3 is 2.39 bits per heavy atom. The van der Waals surface area contributed by atoms with Crippen LogP contribution in [0.2, 0.25) is 0 Å². The van der Waals surface area contributed by atoms with Crippen LogP contribution in [0, 0.1) is 17.1 Å². The minimum atomic E-state index is -0.431. The fraction of sp³-hybridized carbons (Fsp3) is 0.0500. The molecule has 0 aromatic heterocycles. The zero-order valence-electron chi connectivity index (χ0n) is 12.4. The number of hydrogen-bond donors (Lipinski definition) is 0. The molecule has 0 aliphatic carbocycles. The van der Waals surface area contributed by atoms with Gasteiger partial charge in [-0.15, -0.1) is 0 Å². The van der Waals surface area contributed by atoms with E-state index in [0.29, 0.717) is 23.5 Å². The summed E-state index contributed by atoms with van der Waals surface area (Å²) in [6, 6.07) is 23.5.